The van der Waals surface area contributed by atoms with Crippen molar-refractivity contribution in [2.24, 2.45) is 5.73 Å². The van der Waals surface area contributed by atoms with Crippen molar-refractivity contribution in [1.29, 1.82) is 0 Å². The lowest BCUT2D eigenvalue weighted by Crippen LogP contribution is -2.48. The first-order valence-corrected chi connectivity index (χ1v) is 8.51. The van der Waals surface area contributed by atoms with E-state index in [0.717, 1.165) is 6.42 Å². The van der Waals surface area contributed by atoms with Crippen molar-refractivity contribution in [3.63, 3.8) is 0 Å². The van der Waals surface area contributed by atoms with E-state index < -0.39 is 5.54 Å². The van der Waals surface area contributed by atoms with Crippen molar-refractivity contribution in [2.45, 2.75) is 64.8 Å². The molecule has 0 bridgehead atoms. The fourth-order valence-electron chi connectivity index (χ4n) is 2.30. The van der Waals surface area contributed by atoms with E-state index in [1.165, 1.54) is 24.8 Å². The molecule has 4 heteroatoms. The van der Waals surface area contributed by atoms with Crippen LogP contribution in [0.1, 0.15) is 68.8 Å². The van der Waals surface area contributed by atoms with Gasteiger partial charge in [0.15, 0.2) is 5.78 Å². The molecule has 0 aliphatic rings. The number of carbonyl (C=O) groups is 2. The summed E-state index contributed by atoms with van der Waals surface area (Å²) in [5.74, 6) is -0.129. The number of aryl methyl sites for hydroxylation is 1. The Hall–Kier alpha value is -1.68. The summed E-state index contributed by atoms with van der Waals surface area (Å²) in [6.07, 6.45) is 5.09. The van der Waals surface area contributed by atoms with Crippen molar-refractivity contribution in [3.05, 3.63) is 35.4 Å². The van der Waals surface area contributed by atoms with E-state index in [4.69, 9.17) is 5.73 Å². The molecule has 0 unspecified atom stereocenters. The van der Waals surface area contributed by atoms with Gasteiger partial charge in [-0.1, -0.05) is 44.0 Å². The van der Waals surface area contributed by atoms with Gasteiger partial charge >= 0.3 is 0 Å². The highest BCUT2D eigenvalue weighted by Crippen LogP contribution is 2.11. The highest BCUT2D eigenvalue weighted by molar-refractivity contribution is 5.98. The Morgan fingerprint density at radius 2 is 1.74 bits per heavy atom. The largest absolute Gasteiger partial charge is 0.350 e. The summed E-state index contributed by atoms with van der Waals surface area (Å²) in [4.78, 5) is 24.0. The Morgan fingerprint density at radius 1 is 1.09 bits per heavy atom. The molecule has 0 saturated carbocycles. The Morgan fingerprint density at radius 3 is 2.30 bits per heavy atom. The molecular weight excluding hydrogens is 288 g/mol. The molecular formula is C19H30N2O2. The number of hydrogen-bond acceptors (Lipinski definition) is 3. The lowest BCUT2D eigenvalue weighted by atomic mass is 10.0. The second-order valence-electron chi connectivity index (χ2n) is 6.71. The third-order valence-electron chi connectivity index (χ3n) is 3.91. The van der Waals surface area contributed by atoms with Gasteiger partial charge in [-0.2, -0.15) is 0 Å². The molecule has 1 aromatic rings. The van der Waals surface area contributed by atoms with Crippen LogP contribution in [-0.4, -0.2) is 23.8 Å². The number of nitrogens with two attached hydrogens (primary N) is 1. The van der Waals surface area contributed by atoms with Gasteiger partial charge in [-0.05, 0) is 32.3 Å². The molecule has 4 nitrogen and oxygen atoms in total. The van der Waals surface area contributed by atoms with Crippen LogP contribution in [-0.2, 0) is 11.2 Å². The quantitative estimate of drug-likeness (QED) is 0.514. The first-order valence-electron chi connectivity index (χ1n) is 8.51. The number of benzene rings is 1. The maximum Gasteiger partial charge on any atom is 0.220 e. The van der Waals surface area contributed by atoms with E-state index in [0.29, 0.717) is 12.1 Å². The highest BCUT2D eigenvalue weighted by Gasteiger charge is 2.18. The third-order valence-corrected chi connectivity index (χ3v) is 3.91. The molecule has 0 radical (unpaired) electrons. The summed E-state index contributed by atoms with van der Waals surface area (Å²) in [5, 5.41) is 2.83. The number of hydrogen-bond donors (Lipinski definition) is 2. The molecule has 23 heavy (non-hydrogen) atoms. The minimum absolute atomic E-state index is 0.00538. The van der Waals surface area contributed by atoms with Gasteiger partial charge < -0.3 is 11.1 Å². The zero-order valence-electron chi connectivity index (χ0n) is 14.7. The van der Waals surface area contributed by atoms with Crippen LogP contribution in [0.25, 0.3) is 0 Å². The predicted molar refractivity (Wildman–Crippen MR) is 94.5 cm³/mol. The standard InChI is InChI=1S/C19H30N2O2/c1-4-5-6-7-15-8-10-16(11-9-15)17(22)12-13-18(23)21-19(2,3)14-20/h8-11H,4-7,12-14,20H2,1-3H3,(H,21,23). The number of carbonyl (C=O) groups excluding carboxylic acids is 2. The maximum atomic E-state index is 12.2. The topological polar surface area (TPSA) is 72.2 Å². The number of unbranched alkanes of at least 4 members (excludes halogenated alkanes) is 2. The average Bonchev–Trinajstić information content (AvgIpc) is 2.53. The van der Waals surface area contributed by atoms with Crippen molar-refractivity contribution >= 4 is 11.7 Å². The van der Waals surface area contributed by atoms with E-state index in [1.54, 1.807) is 0 Å². The monoisotopic (exact) mass is 318 g/mol. The average molecular weight is 318 g/mol. The molecule has 0 aliphatic heterocycles. The van der Waals surface area contributed by atoms with Crippen LogP contribution in [0.4, 0.5) is 0 Å². The van der Waals surface area contributed by atoms with E-state index >= 15 is 0 Å². The molecule has 3 N–H and O–H groups in total. The summed E-state index contributed by atoms with van der Waals surface area (Å²) < 4.78 is 0. The van der Waals surface area contributed by atoms with E-state index in [9.17, 15) is 9.59 Å². The van der Waals surface area contributed by atoms with E-state index in [1.807, 2.05) is 38.1 Å². The lowest BCUT2D eigenvalue weighted by molar-refractivity contribution is -0.122. The molecule has 0 spiro atoms. The van der Waals surface area contributed by atoms with Crippen LogP contribution in [0.2, 0.25) is 0 Å². The van der Waals surface area contributed by atoms with Gasteiger partial charge in [0.05, 0.1) is 0 Å². The molecule has 0 heterocycles. The zero-order valence-corrected chi connectivity index (χ0v) is 14.7. The highest BCUT2D eigenvalue weighted by atomic mass is 16.2. The summed E-state index contributed by atoms with van der Waals surface area (Å²) >= 11 is 0. The normalized spacial score (nSPS) is 11.3. The minimum Gasteiger partial charge on any atom is -0.350 e. The summed E-state index contributed by atoms with van der Waals surface area (Å²) in [5.41, 5.74) is 7.08. The summed E-state index contributed by atoms with van der Waals surface area (Å²) in [6.45, 7) is 6.28. The minimum atomic E-state index is -0.430. The SMILES string of the molecule is CCCCCc1ccc(C(=O)CCC(=O)NC(C)(C)CN)cc1. The lowest BCUT2D eigenvalue weighted by Gasteiger charge is -2.24. The number of Topliss-reactive ketones (excluding diaryl/α,β-unsaturated/α-hetero) is 1. The Kier molecular flexibility index (Phi) is 7.96. The molecule has 128 valence electrons. The third kappa shape index (κ3) is 7.42. The zero-order chi connectivity index (χ0) is 17.3. The van der Waals surface area contributed by atoms with Crippen LogP contribution >= 0.6 is 0 Å². The number of nitrogens with one attached hydrogen (secondary N) is 1. The number of amides is 1. The fourth-order valence-corrected chi connectivity index (χ4v) is 2.30. The van der Waals surface area contributed by atoms with Gasteiger partial charge in [-0.25, -0.2) is 0 Å². The van der Waals surface area contributed by atoms with Crippen molar-refractivity contribution in [2.75, 3.05) is 6.54 Å². The summed E-state index contributed by atoms with van der Waals surface area (Å²) in [7, 11) is 0. The van der Waals surface area contributed by atoms with Crippen LogP contribution in [0.5, 0.6) is 0 Å². The number of rotatable bonds is 10. The van der Waals surface area contributed by atoms with Gasteiger partial charge in [0, 0.05) is 30.5 Å². The molecule has 1 aromatic carbocycles. The molecule has 1 amide bonds. The van der Waals surface area contributed by atoms with Gasteiger partial charge in [-0.15, -0.1) is 0 Å². The molecule has 0 aliphatic carbocycles. The maximum absolute atomic E-state index is 12.2. The van der Waals surface area contributed by atoms with Gasteiger partial charge in [0.2, 0.25) is 5.91 Å². The number of ketones is 1. The first-order chi connectivity index (χ1) is 10.9. The summed E-state index contributed by atoms with van der Waals surface area (Å²) in [6, 6.07) is 7.76. The van der Waals surface area contributed by atoms with Crippen molar-refractivity contribution in [3.8, 4) is 0 Å². The molecule has 0 saturated heterocycles. The van der Waals surface area contributed by atoms with Crippen LogP contribution in [0.15, 0.2) is 24.3 Å². The Bertz CT molecular complexity index is 507. The smallest absolute Gasteiger partial charge is 0.220 e. The Labute approximate surface area is 139 Å². The van der Waals surface area contributed by atoms with Gasteiger partial charge in [0.25, 0.3) is 0 Å². The molecule has 0 atom stereocenters. The first kappa shape index (κ1) is 19.4. The van der Waals surface area contributed by atoms with Gasteiger partial charge in [-0.3, -0.25) is 9.59 Å². The molecule has 0 fully saturated rings. The second-order valence-corrected chi connectivity index (χ2v) is 6.71. The van der Waals surface area contributed by atoms with E-state index in [2.05, 4.69) is 12.2 Å². The fraction of sp³-hybridized carbons (Fsp3) is 0.579. The van der Waals surface area contributed by atoms with Gasteiger partial charge in [0.1, 0.15) is 0 Å². The van der Waals surface area contributed by atoms with Crippen LogP contribution in [0.3, 0.4) is 0 Å². The van der Waals surface area contributed by atoms with Crippen molar-refractivity contribution in [1.82, 2.24) is 5.32 Å². The molecule has 1 rings (SSSR count). The van der Waals surface area contributed by atoms with Crippen molar-refractivity contribution < 1.29 is 9.59 Å². The van der Waals surface area contributed by atoms with Crippen LogP contribution < -0.4 is 11.1 Å². The van der Waals surface area contributed by atoms with E-state index in [-0.39, 0.29) is 24.5 Å². The second kappa shape index (κ2) is 9.46. The Balaban J connectivity index is 2.44. The predicted octanol–water partition coefficient (Wildman–Crippen LogP) is 3.24. The van der Waals surface area contributed by atoms with Crippen LogP contribution in [0, 0.1) is 0 Å². The molecule has 0 aromatic heterocycles.